The molecular weight excluding hydrogens is 471 g/mol. The first-order chi connectivity index (χ1) is 16.6. The van der Waals surface area contributed by atoms with E-state index in [2.05, 4.69) is 10.3 Å². The van der Waals surface area contributed by atoms with Gasteiger partial charge >= 0.3 is 12.2 Å². The Balaban J connectivity index is 1.73. The number of nitrogens with one attached hydrogen (secondary N) is 2. The van der Waals surface area contributed by atoms with Crippen LogP contribution in [0.5, 0.6) is 0 Å². The van der Waals surface area contributed by atoms with E-state index in [0.717, 1.165) is 12.1 Å². The summed E-state index contributed by atoms with van der Waals surface area (Å²) in [5.74, 6) is -2.70. The molecule has 0 saturated carbocycles. The summed E-state index contributed by atoms with van der Waals surface area (Å²) >= 11 is 0. The summed E-state index contributed by atoms with van der Waals surface area (Å²) in [7, 11) is 1.41. The lowest BCUT2D eigenvalue weighted by atomic mass is 10.00. The van der Waals surface area contributed by atoms with Crippen LogP contribution >= 0.6 is 0 Å². The summed E-state index contributed by atoms with van der Waals surface area (Å²) in [6, 6.07) is 13.1. The Morgan fingerprint density at radius 2 is 1.54 bits per heavy atom. The fourth-order valence-corrected chi connectivity index (χ4v) is 3.65. The minimum absolute atomic E-state index is 0.0450. The predicted octanol–water partition coefficient (Wildman–Crippen LogP) is 4.95. The van der Waals surface area contributed by atoms with Gasteiger partial charge in [-0.2, -0.15) is 13.2 Å². The van der Waals surface area contributed by atoms with Crippen LogP contribution in [0.2, 0.25) is 0 Å². The quantitative estimate of drug-likeness (QED) is 0.513. The number of amides is 3. The van der Waals surface area contributed by atoms with Crippen LogP contribution in [0, 0.1) is 11.6 Å². The van der Waals surface area contributed by atoms with Crippen LogP contribution in [0.4, 0.5) is 38.1 Å². The third kappa shape index (κ3) is 4.70. The van der Waals surface area contributed by atoms with Crippen LogP contribution in [0.25, 0.3) is 0 Å². The van der Waals surface area contributed by atoms with Crippen molar-refractivity contribution < 1.29 is 31.5 Å². The number of anilines is 2. The largest absolute Gasteiger partial charge is 0.418 e. The molecule has 0 aliphatic carbocycles. The number of nitrogens with zero attached hydrogens (tertiary/aromatic N) is 2. The van der Waals surface area contributed by atoms with Crippen molar-refractivity contribution in [3.63, 3.8) is 0 Å². The van der Waals surface area contributed by atoms with Gasteiger partial charge in [0.25, 0.3) is 5.91 Å². The van der Waals surface area contributed by atoms with Gasteiger partial charge < -0.3 is 15.5 Å². The van der Waals surface area contributed by atoms with Crippen molar-refractivity contribution in [3.05, 3.63) is 95.1 Å². The first-order valence-corrected chi connectivity index (χ1v) is 10.2. The molecule has 11 heteroatoms. The second-order valence-electron chi connectivity index (χ2n) is 7.53. The molecule has 0 fully saturated rings. The average molecular weight is 488 g/mol. The normalized spacial score (nSPS) is 15.7. The first-order valence-electron chi connectivity index (χ1n) is 10.2. The van der Waals surface area contributed by atoms with E-state index < -0.39 is 47.2 Å². The summed E-state index contributed by atoms with van der Waals surface area (Å²) in [5, 5.41) is 3.98. The third-order valence-corrected chi connectivity index (χ3v) is 5.30. The molecule has 2 N–H and O–H groups in total. The van der Waals surface area contributed by atoms with E-state index in [0.29, 0.717) is 17.3 Å². The Bertz CT molecular complexity index is 1340. The number of aliphatic imine (C=N–C) groups is 1. The summed E-state index contributed by atoms with van der Waals surface area (Å²) in [6.45, 7) is 0. The number of carbonyl (C=O) groups excluding carboxylic acids is 2. The zero-order valence-electron chi connectivity index (χ0n) is 18.0. The summed E-state index contributed by atoms with van der Waals surface area (Å²) in [4.78, 5) is 31.1. The van der Waals surface area contributed by atoms with E-state index in [1.807, 2.05) is 5.32 Å². The molecule has 1 aliphatic heterocycles. The van der Waals surface area contributed by atoms with Gasteiger partial charge in [0.05, 0.1) is 22.6 Å². The third-order valence-electron chi connectivity index (χ3n) is 5.30. The van der Waals surface area contributed by atoms with Crippen molar-refractivity contribution in [2.24, 2.45) is 4.99 Å². The molecule has 0 spiro atoms. The summed E-state index contributed by atoms with van der Waals surface area (Å²) in [5.41, 5.74) is -1.65. The Morgan fingerprint density at radius 1 is 0.914 bits per heavy atom. The van der Waals surface area contributed by atoms with Gasteiger partial charge in [0.15, 0.2) is 0 Å². The molecule has 0 aromatic heterocycles. The van der Waals surface area contributed by atoms with Crippen LogP contribution < -0.4 is 15.5 Å². The number of benzene rings is 3. The van der Waals surface area contributed by atoms with Crippen LogP contribution in [-0.4, -0.2) is 30.9 Å². The fourth-order valence-electron chi connectivity index (χ4n) is 3.65. The Morgan fingerprint density at radius 3 is 2.23 bits per heavy atom. The van der Waals surface area contributed by atoms with E-state index >= 15 is 0 Å². The first kappa shape index (κ1) is 23.9. The fraction of sp³-hybridized carbons (Fsp3) is 0.125. The van der Waals surface area contributed by atoms with Crippen molar-refractivity contribution in [2.45, 2.75) is 12.3 Å². The Labute approximate surface area is 196 Å². The van der Waals surface area contributed by atoms with Gasteiger partial charge in [-0.15, -0.1) is 0 Å². The lowest BCUT2D eigenvalue weighted by molar-refractivity contribution is -0.137. The molecule has 1 unspecified atom stereocenters. The standard InChI is InChI=1S/C24H17F5N4O2/c1-33-18-12-5-3-8-14(18)19(13-7-2-4-10-16(13)25)30-21(22(33)34)32-23(35)31-20-15(24(27,28)29)9-6-11-17(20)26/h2-12,21H,1H3,(H2,31,32,35). The molecule has 3 amide bonds. The van der Waals surface area contributed by atoms with E-state index in [1.165, 1.54) is 30.1 Å². The van der Waals surface area contributed by atoms with Crippen molar-refractivity contribution in [2.75, 3.05) is 17.3 Å². The lowest BCUT2D eigenvalue weighted by Gasteiger charge is -2.21. The second kappa shape index (κ2) is 9.16. The van der Waals surface area contributed by atoms with Gasteiger partial charge in [-0.25, -0.2) is 18.6 Å². The maximum absolute atomic E-state index is 14.6. The van der Waals surface area contributed by atoms with E-state index in [-0.39, 0.29) is 11.3 Å². The Hall–Kier alpha value is -4.28. The van der Waals surface area contributed by atoms with Crippen LogP contribution in [0.15, 0.2) is 71.7 Å². The molecule has 1 heterocycles. The molecule has 180 valence electrons. The maximum atomic E-state index is 14.6. The zero-order valence-corrected chi connectivity index (χ0v) is 18.0. The molecular formula is C24H17F5N4O2. The van der Waals surface area contributed by atoms with Crippen LogP contribution in [0.3, 0.4) is 0 Å². The highest BCUT2D eigenvalue weighted by molar-refractivity contribution is 6.20. The lowest BCUT2D eigenvalue weighted by Crippen LogP contribution is -2.47. The summed E-state index contributed by atoms with van der Waals surface area (Å²) < 4.78 is 68.6. The van der Waals surface area contributed by atoms with Crippen LogP contribution in [0.1, 0.15) is 16.7 Å². The number of benzodiazepines with no additional fused rings is 1. The average Bonchev–Trinajstić information content (AvgIpc) is 2.91. The molecule has 0 saturated heterocycles. The SMILES string of the molecule is CN1C(=O)C(NC(=O)Nc2c(F)cccc2C(F)(F)F)N=C(c2ccccc2F)c2ccccc21. The molecule has 35 heavy (non-hydrogen) atoms. The molecule has 4 rings (SSSR count). The molecule has 6 nitrogen and oxygen atoms in total. The minimum atomic E-state index is -4.94. The van der Waals surface area contributed by atoms with Gasteiger partial charge in [-0.05, 0) is 30.3 Å². The Kier molecular flexibility index (Phi) is 6.25. The topological polar surface area (TPSA) is 73.8 Å². The zero-order chi connectivity index (χ0) is 25.3. The highest BCUT2D eigenvalue weighted by Gasteiger charge is 2.36. The number of hydrogen-bond donors (Lipinski definition) is 2. The van der Waals surface area contributed by atoms with Crippen molar-refractivity contribution in [1.29, 1.82) is 0 Å². The van der Waals surface area contributed by atoms with E-state index in [9.17, 15) is 31.5 Å². The molecule has 0 radical (unpaired) electrons. The predicted molar refractivity (Wildman–Crippen MR) is 119 cm³/mol. The van der Waals surface area contributed by atoms with Gasteiger partial charge in [0.2, 0.25) is 6.17 Å². The second-order valence-corrected chi connectivity index (χ2v) is 7.53. The number of likely N-dealkylation sites (N-methyl/N-ethyl adjacent to an activating group) is 1. The number of alkyl halides is 3. The smallest absolute Gasteiger partial charge is 0.311 e. The van der Waals surface area contributed by atoms with Gasteiger partial charge in [0.1, 0.15) is 11.6 Å². The summed E-state index contributed by atoms with van der Waals surface area (Å²) in [6.07, 6.45) is -6.59. The van der Waals surface area contributed by atoms with Gasteiger partial charge in [-0.1, -0.05) is 36.4 Å². The van der Waals surface area contributed by atoms with E-state index in [4.69, 9.17) is 0 Å². The molecule has 3 aromatic carbocycles. The number of para-hydroxylation sites is 2. The highest BCUT2D eigenvalue weighted by atomic mass is 19.4. The maximum Gasteiger partial charge on any atom is 0.418 e. The van der Waals surface area contributed by atoms with Crippen molar-refractivity contribution in [3.8, 4) is 0 Å². The number of fused-ring (bicyclic) bond motifs is 1. The van der Waals surface area contributed by atoms with Crippen LogP contribution in [-0.2, 0) is 11.0 Å². The number of urea groups is 1. The molecule has 3 aromatic rings. The minimum Gasteiger partial charge on any atom is -0.311 e. The van der Waals surface area contributed by atoms with E-state index in [1.54, 1.807) is 30.3 Å². The monoisotopic (exact) mass is 488 g/mol. The number of rotatable bonds is 3. The molecule has 1 aliphatic rings. The number of hydrogen-bond acceptors (Lipinski definition) is 3. The molecule has 1 atom stereocenters. The molecule has 0 bridgehead atoms. The number of carbonyl (C=O) groups is 2. The number of halogens is 5. The van der Waals surface area contributed by atoms with Gasteiger partial charge in [-0.3, -0.25) is 4.79 Å². The van der Waals surface area contributed by atoms with Gasteiger partial charge in [0, 0.05) is 18.2 Å². The van der Waals surface area contributed by atoms with Crippen molar-refractivity contribution in [1.82, 2.24) is 5.32 Å². The van der Waals surface area contributed by atoms with Crippen molar-refractivity contribution >= 4 is 29.0 Å². The highest BCUT2D eigenvalue weighted by Crippen LogP contribution is 2.36.